The van der Waals surface area contributed by atoms with Gasteiger partial charge in [0, 0.05) is 18.2 Å². The van der Waals surface area contributed by atoms with Crippen LogP contribution in [0.2, 0.25) is 0 Å². The van der Waals surface area contributed by atoms with Crippen molar-refractivity contribution >= 4 is 17.3 Å². The number of nitrogens with two attached hydrogens (primary N) is 1. The Labute approximate surface area is 121 Å². The van der Waals surface area contributed by atoms with E-state index in [-0.39, 0.29) is 12.1 Å². The van der Waals surface area contributed by atoms with Crippen molar-refractivity contribution in [2.24, 2.45) is 0 Å². The van der Waals surface area contributed by atoms with E-state index in [1.165, 1.54) is 0 Å². The summed E-state index contributed by atoms with van der Waals surface area (Å²) in [6, 6.07) is 1.81. The molecule has 1 fully saturated rings. The van der Waals surface area contributed by atoms with Crippen molar-refractivity contribution in [3.8, 4) is 0 Å². The number of nitrogens with zero attached hydrogens (tertiary/aromatic N) is 2. The molecule has 0 aliphatic carbocycles. The average Bonchev–Trinajstić information content (AvgIpc) is 2.38. The highest BCUT2D eigenvalue weighted by Gasteiger charge is 2.34. The highest BCUT2D eigenvalue weighted by molar-refractivity contribution is 6.01. The molecule has 2 atom stereocenters. The summed E-state index contributed by atoms with van der Waals surface area (Å²) >= 11 is 0. The lowest BCUT2D eigenvalue weighted by atomic mass is 9.96. The lowest BCUT2D eigenvalue weighted by Crippen LogP contribution is -2.47. The first-order valence-electron chi connectivity index (χ1n) is 6.89. The van der Waals surface area contributed by atoms with Gasteiger partial charge >= 0.3 is 0 Å². The number of nitro benzene ring substituents is 1. The molecule has 0 saturated carbocycles. The number of carbonyl (C=O) groups is 1. The third-order valence-corrected chi connectivity index (χ3v) is 4.01. The fourth-order valence-electron chi connectivity index (χ4n) is 2.91. The smallest absolute Gasteiger partial charge is 0.293 e. The number of hydrogen-bond acceptors (Lipinski definition) is 4. The fraction of sp³-hybridized carbons (Fsp3) is 0.500. The van der Waals surface area contributed by atoms with Crippen LogP contribution in [-0.4, -0.2) is 27.8 Å². The zero-order valence-corrected chi connectivity index (χ0v) is 12.0. The maximum atomic E-state index is 14.0. The Kier molecular flexibility index (Phi) is 4.11. The van der Waals surface area contributed by atoms with Crippen LogP contribution in [0.25, 0.3) is 0 Å². The van der Waals surface area contributed by atoms with E-state index in [4.69, 9.17) is 5.73 Å². The van der Waals surface area contributed by atoms with Gasteiger partial charge in [0.1, 0.15) is 17.1 Å². The number of nitrogen functional groups attached to an aromatic ring is 1. The van der Waals surface area contributed by atoms with Gasteiger partial charge in [-0.15, -0.1) is 0 Å². The van der Waals surface area contributed by atoms with Gasteiger partial charge in [0.25, 0.3) is 11.6 Å². The lowest BCUT2D eigenvalue weighted by Gasteiger charge is -2.39. The maximum Gasteiger partial charge on any atom is 0.293 e. The number of hydrogen-bond donors (Lipinski definition) is 1. The van der Waals surface area contributed by atoms with Crippen molar-refractivity contribution in [2.45, 2.75) is 45.2 Å². The lowest BCUT2D eigenvalue weighted by molar-refractivity contribution is -0.384. The minimum Gasteiger partial charge on any atom is -0.392 e. The van der Waals surface area contributed by atoms with Crippen LogP contribution in [0.3, 0.4) is 0 Å². The SMILES string of the molecule is C[C@@H]1CCC[C@H](C)N1C(=O)c1c(F)ccc([N+](=O)[O-])c1N. The molecule has 1 aromatic rings. The number of carbonyl (C=O) groups excluding carboxylic acids is 1. The van der Waals surface area contributed by atoms with Crippen molar-refractivity contribution in [2.75, 3.05) is 5.73 Å². The van der Waals surface area contributed by atoms with Crippen LogP contribution in [0, 0.1) is 15.9 Å². The zero-order valence-electron chi connectivity index (χ0n) is 12.0. The van der Waals surface area contributed by atoms with Gasteiger partial charge in [-0.3, -0.25) is 14.9 Å². The van der Waals surface area contributed by atoms with Gasteiger partial charge < -0.3 is 10.6 Å². The van der Waals surface area contributed by atoms with E-state index in [0.717, 1.165) is 31.4 Å². The second-order valence-electron chi connectivity index (χ2n) is 5.45. The summed E-state index contributed by atoms with van der Waals surface area (Å²) in [4.78, 5) is 24.4. The van der Waals surface area contributed by atoms with Crippen LogP contribution in [0.4, 0.5) is 15.8 Å². The van der Waals surface area contributed by atoms with Crippen molar-refractivity contribution in [3.63, 3.8) is 0 Å². The summed E-state index contributed by atoms with van der Waals surface area (Å²) in [5, 5.41) is 10.9. The number of nitro groups is 1. The molecule has 1 heterocycles. The number of anilines is 1. The highest BCUT2D eigenvalue weighted by Crippen LogP contribution is 2.31. The van der Waals surface area contributed by atoms with Crippen LogP contribution >= 0.6 is 0 Å². The van der Waals surface area contributed by atoms with E-state index in [9.17, 15) is 19.3 Å². The zero-order chi connectivity index (χ0) is 15.7. The van der Waals surface area contributed by atoms with Crippen molar-refractivity contribution in [1.82, 2.24) is 4.90 Å². The molecule has 1 aromatic carbocycles. The van der Waals surface area contributed by atoms with Crippen LogP contribution in [0.5, 0.6) is 0 Å². The number of likely N-dealkylation sites (tertiary alicyclic amines) is 1. The number of halogens is 1. The van der Waals surface area contributed by atoms with E-state index >= 15 is 0 Å². The predicted octanol–water partition coefficient (Wildman–Crippen LogP) is 2.72. The summed E-state index contributed by atoms with van der Waals surface area (Å²) in [6.07, 6.45) is 2.65. The Morgan fingerprint density at radius 2 is 1.95 bits per heavy atom. The Hall–Kier alpha value is -2.18. The third kappa shape index (κ3) is 2.68. The summed E-state index contributed by atoms with van der Waals surface area (Å²) in [5.74, 6) is -1.40. The normalized spacial score (nSPS) is 22.1. The fourth-order valence-corrected chi connectivity index (χ4v) is 2.91. The molecular formula is C14H18FN3O3. The van der Waals surface area contributed by atoms with Crippen LogP contribution in [-0.2, 0) is 0 Å². The van der Waals surface area contributed by atoms with Crippen LogP contribution < -0.4 is 5.73 Å². The van der Waals surface area contributed by atoms with Gasteiger partial charge in [-0.05, 0) is 39.2 Å². The molecule has 1 aliphatic rings. The molecule has 0 aromatic heterocycles. The van der Waals surface area contributed by atoms with Gasteiger partial charge in [0.15, 0.2) is 0 Å². The van der Waals surface area contributed by atoms with E-state index in [1.54, 1.807) is 4.90 Å². The monoisotopic (exact) mass is 295 g/mol. The van der Waals surface area contributed by atoms with Gasteiger partial charge in [-0.1, -0.05) is 0 Å². The molecule has 0 bridgehead atoms. The second kappa shape index (κ2) is 5.67. The maximum absolute atomic E-state index is 14.0. The minimum atomic E-state index is -0.826. The molecule has 1 saturated heterocycles. The summed E-state index contributed by atoms with van der Waals surface area (Å²) < 4.78 is 14.0. The largest absolute Gasteiger partial charge is 0.392 e. The van der Waals surface area contributed by atoms with E-state index in [0.29, 0.717) is 0 Å². The molecule has 0 unspecified atom stereocenters. The summed E-state index contributed by atoms with van der Waals surface area (Å²) in [6.45, 7) is 3.78. The molecule has 21 heavy (non-hydrogen) atoms. The van der Waals surface area contributed by atoms with Gasteiger partial charge in [-0.2, -0.15) is 0 Å². The molecule has 6 nitrogen and oxygen atoms in total. The molecule has 7 heteroatoms. The minimum absolute atomic E-state index is 0.0423. The number of benzene rings is 1. The Morgan fingerprint density at radius 3 is 2.48 bits per heavy atom. The number of piperidine rings is 1. The topological polar surface area (TPSA) is 89.5 Å². The molecule has 1 aliphatic heterocycles. The predicted molar refractivity (Wildman–Crippen MR) is 76.4 cm³/mol. The third-order valence-electron chi connectivity index (χ3n) is 4.01. The first kappa shape index (κ1) is 15.2. The van der Waals surface area contributed by atoms with E-state index in [1.807, 2.05) is 13.8 Å². The molecule has 2 rings (SSSR count). The second-order valence-corrected chi connectivity index (χ2v) is 5.45. The van der Waals surface area contributed by atoms with Crippen molar-refractivity contribution < 1.29 is 14.1 Å². The summed E-state index contributed by atoms with van der Waals surface area (Å²) in [7, 11) is 0. The molecule has 1 amide bonds. The van der Waals surface area contributed by atoms with Crippen LogP contribution in [0.1, 0.15) is 43.5 Å². The van der Waals surface area contributed by atoms with Crippen molar-refractivity contribution in [3.05, 3.63) is 33.6 Å². The van der Waals surface area contributed by atoms with E-state index < -0.39 is 33.6 Å². The average molecular weight is 295 g/mol. The van der Waals surface area contributed by atoms with Gasteiger partial charge in [-0.25, -0.2) is 4.39 Å². The van der Waals surface area contributed by atoms with E-state index in [2.05, 4.69) is 0 Å². The summed E-state index contributed by atoms with van der Waals surface area (Å²) in [5.41, 5.74) is 4.40. The first-order chi connectivity index (χ1) is 9.84. The molecule has 0 spiro atoms. The number of amides is 1. The molecular weight excluding hydrogens is 277 g/mol. The molecule has 114 valence electrons. The first-order valence-corrected chi connectivity index (χ1v) is 6.89. The molecule has 2 N–H and O–H groups in total. The highest BCUT2D eigenvalue weighted by atomic mass is 19.1. The Bertz CT molecular complexity index is 581. The quantitative estimate of drug-likeness (QED) is 0.516. The molecule has 0 radical (unpaired) electrons. The van der Waals surface area contributed by atoms with Crippen molar-refractivity contribution in [1.29, 1.82) is 0 Å². The Balaban J connectivity index is 2.47. The van der Waals surface area contributed by atoms with Crippen LogP contribution in [0.15, 0.2) is 12.1 Å². The standard InChI is InChI=1S/C14H18FN3O3/c1-8-4-3-5-9(2)17(8)14(19)12-10(15)6-7-11(13(12)16)18(20)21/h6-9H,3-5,16H2,1-2H3/t8-,9+. The van der Waals surface area contributed by atoms with Gasteiger partial charge in [0.2, 0.25) is 0 Å². The Morgan fingerprint density at radius 1 is 1.38 bits per heavy atom. The van der Waals surface area contributed by atoms with Gasteiger partial charge in [0.05, 0.1) is 4.92 Å². The number of rotatable bonds is 2.